The van der Waals surface area contributed by atoms with Crippen LogP contribution >= 0.6 is 0 Å². The molecule has 0 heterocycles. The third kappa shape index (κ3) is 4.13. The SMILES string of the molecule is C=CC(=O)Oc1ccc(S(=O)(=O)c2ccccc2)cc1S(=O)(=O)c1ccccc1. The third-order valence-corrected chi connectivity index (χ3v) is 7.56. The van der Waals surface area contributed by atoms with E-state index < -0.39 is 30.5 Å². The molecule has 0 fully saturated rings. The lowest BCUT2D eigenvalue weighted by Crippen LogP contribution is -2.11. The molecule has 0 radical (unpaired) electrons. The Balaban J connectivity index is 2.23. The van der Waals surface area contributed by atoms with Gasteiger partial charge in [0.05, 0.1) is 14.7 Å². The van der Waals surface area contributed by atoms with Gasteiger partial charge in [0.15, 0.2) is 0 Å². The van der Waals surface area contributed by atoms with Gasteiger partial charge in [-0.25, -0.2) is 21.6 Å². The van der Waals surface area contributed by atoms with E-state index in [-0.39, 0.29) is 20.4 Å². The number of esters is 1. The molecule has 0 spiro atoms. The van der Waals surface area contributed by atoms with E-state index >= 15 is 0 Å². The highest BCUT2D eigenvalue weighted by molar-refractivity contribution is 7.92. The van der Waals surface area contributed by atoms with Crippen LogP contribution in [0.5, 0.6) is 5.75 Å². The van der Waals surface area contributed by atoms with Crippen LogP contribution in [0, 0.1) is 0 Å². The smallest absolute Gasteiger partial charge is 0.335 e. The average molecular weight is 428 g/mol. The summed E-state index contributed by atoms with van der Waals surface area (Å²) in [6.45, 7) is 3.28. The molecule has 0 aliphatic rings. The van der Waals surface area contributed by atoms with Gasteiger partial charge < -0.3 is 4.74 Å². The first kappa shape index (κ1) is 20.5. The van der Waals surface area contributed by atoms with E-state index in [4.69, 9.17) is 4.74 Å². The van der Waals surface area contributed by atoms with Crippen molar-refractivity contribution in [1.82, 2.24) is 0 Å². The Morgan fingerprint density at radius 1 is 0.724 bits per heavy atom. The Morgan fingerprint density at radius 2 is 1.24 bits per heavy atom. The first-order valence-electron chi connectivity index (χ1n) is 8.35. The summed E-state index contributed by atoms with van der Waals surface area (Å²) in [5.41, 5.74) is 0. The highest BCUT2D eigenvalue weighted by atomic mass is 32.2. The van der Waals surface area contributed by atoms with Crippen LogP contribution in [-0.4, -0.2) is 22.8 Å². The molecule has 0 aliphatic heterocycles. The number of carbonyl (C=O) groups is 1. The minimum Gasteiger partial charge on any atom is -0.422 e. The van der Waals surface area contributed by atoms with Crippen molar-refractivity contribution in [2.45, 2.75) is 19.6 Å². The molecule has 0 unspecified atom stereocenters. The highest BCUT2D eigenvalue weighted by Gasteiger charge is 2.27. The Morgan fingerprint density at radius 3 is 1.76 bits per heavy atom. The first-order valence-corrected chi connectivity index (χ1v) is 11.3. The van der Waals surface area contributed by atoms with Crippen LogP contribution in [0.1, 0.15) is 0 Å². The zero-order chi connectivity index (χ0) is 21.1. The van der Waals surface area contributed by atoms with E-state index in [0.29, 0.717) is 0 Å². The number of sulfone groups is 2. The second-order valence-electron chi connectivity index (χ2n) is 5.87. The van der Waals surface area contributed by atoms with E-state index in [1.165, 1.54) is 42.5 Å². The summed E-state index contributed by atoms with van der Waals surface area (Å²) >= 11 is 0. The lowest BCUT2D eigenvalue weighted by molar-refractivity contribution is -0.129. The number of rotatable bonds is 6. The van der Waals surface area contributed by atoms with Gasteiger partial charge in [-0.15, -0.1) is 0 Å². The summed E-state index contributed by atoms with van der Waals surface area (Å²) in [7, 11) is -8.14. The summed E-state index contributed by atoms with van der Waals surface area (Å²) in [6.07, 6.45) is 0.882. The van der Waals surface area contributed by atoms with E-state index in [9.17, 15) is 21.6 Å². The standard InChI is InChI=1S/C21H16O6S2/c1-2-21(22)27-19-14-13-18(28(23,24)16-9-5-3-6-10-16)15-20(19)29(25,26)17-11-7-4-8-12-17/h2-15H,1H2. The molecule has 3 aromatic carbocycles. The number of hydrogen-bond donors (Lipinski definition) is 0. The molecule has 0 bridgehead atoms. The Labute approximate surface area is 168 Å². The molecule has 0 saturated heterocycles. The molecule has 0 atom stereocenters. The Kier molecular flexibility index (Phi) is 5.67. The van der Waals surface area contributed by atoms with Crippen LogP contribution in [0.15, 0.2) is 111 Å². The second-order valence-corrected chi connectivity index (χ2v) is 9.73. The number of ether oxygens (including phenoxy) is 1. The van der Waals surface area contributed by atoms with Gasteiger partial charge in [0, 0.05) is 6.08 Å². The monoisotopic (exact) mass is 428 g/mol. The fraction of sp³-hybridized carbons (Fsp3) is 0. The van der Waals surface area contributed by atoms with Crippen LogP contribution in [0.2, 0.25) is 0 Å². The van der Waals surface area contributed by atoms with Gasteiger partial charge in [-0.1, -0.05) is 43.0 Å². The van der Waals surface area contributed by atoms with Crippen molar-refractivity contribution in [1.29, 1.82) is 0 Å². The average Bonchev–Trinajstić information content (AvgIpc) is 2.75. The van der Waals surface area contributed by atoms with Gasteiger partial charge in [-0.3, -0.25) is 0 Å². The van der Waals surface area contributed by atoms with Crippen molar-refractivity contribution < 1.29 is 26.4 Å². The molecule has 0 N–H and O–H groups in total. The molecule has 8 heteroatoms. The van der Waals surface area contributed by atoms with Gasteiger partial charge in [0.25, 0.3) is 0 Å². The van der Waals surface area contributed by atoms with Crippen LogP contribution in [0.25, 0.3) is 0 Å². The molecule has 0 aromatic heterocycles. The maximum Gasteiger partial charge on any atom is 0.335 e. The number of carbonyl (C=O) groups excluding carboxylic acids is 1. The largest absolute Gasteiger partial charge is 0.422 e. The summed E-state index contributed by atoms with van der Waals surface area (Å²) in [6, 6.07) is 18.4. The number of hydrogen-bond acceptors (Lipinski definition) is 6. The predicted molar refractivity (Wildman–Crippen MR) is 106 cm³/mol. The van der Waals surface area contributed by atoms with E-state index in [1.54, 1.807) is 24.3 Å². The molecule has 0 amide bonds. The van der Waals surface area contributed by atoms with E-state index in [2.05, 4.69) is 6.58 Å². The predicted octanol–water partition coefficient (Wildman–Crippen LogP) is 3.44. The van der Waals surface area contributed by atoms with Crippen LogP contribution in [0.3, 0.4) is 0 Å². The lowest BCUT2D eigenvalue weighted by atomic mass is 10.3. The van der Waals surface area contributed by atoms with Crippen molar-refractivity contribution in [3.05, 3.63) is 91.5 Å². The normalized spacial score (nSPS) is 11.6. The summed E-state index contributed by atoms with van der Waals surface area (Å²) in [4.78, 5) is 10.9. The minimum absolute atomic E-state index is 0.0129. The van der Waals surface area contributed by atoms with Gasteiger partial charge >= 0.3 is 5.97 Å². The van der Waals surface area contributed by atoms with Crippen LogP contribution in [-0.2, 0) is 24.5 Å². The Bertz CT molecular complexity index is 1260. The van der Waals surface area contributed by atoms with Crippen molar-refractivity contribution in [3.8, 4) is 5.75 Å². The maximum atomic E-state index is 13.1. The van der Waals surface area contributed by atoms with Gasteiger partial charge in [-0.05, 0) is 42.5 Å². The fourth-order valence-corrected chi connectivity index (χ4v) is 5.37. The molecule has 0 aliphatic carbocycles. The van der Waals surface area contributed by atoms with Crippen molar-refractivity contribution in [3.63, 3.8) is 0 Å². The Hall–Kier alpha value is -3.23. The molecular formula is C21H16O6S2. The van der Waals surface area contributed by atoms with Crippen LogP contribution in [0.4, 0.5) is 0 Å². The molecule has 0 saturated carbocycles. The molecule has 29 heavy (non-hydrogen) atoms. The van der Waals surface area contributed by atoms with Crippen molar-refractivity contribution in [2.75, 3.05) is 0 Å². The molecule has 3 aromatic rings. The highest BCUT2D eigenvalue weighted by Crippen LogP contribution is 2.33. The van der Waals surface area contributed by atoms with Crippen molar-refractivity contribution >= 4 is 25.6 Å². The first-order chi connectivity index (χ1) is 13.8. The topological polar surface area (TPSA) is 94.6 Å². The van der Waals surface area contributed by atoms with E-state index in [1.807, 2.05) is 0 Å². The summed E-state index contributed by atoms with van der Waals surface area (Å²) in [5.74, 6) is -1.15. The second kappa shape index (κ2) is 8.02. The zero-order valence-electron chi connectivity index (χ0n) is 15.1. The van der Waals surface area contributed by atoms with Gasteiger partial charge in [0.1, 0.15) is 10.6 Å². The van der Waals surface area contributed by atoms with E-state index in [0.717, 1.165) is 18.2 Å². The minimum atomic E-state index is -4.16. The van der Waals surface area contributed by atoms with Gasteiger partial charge in [-0.2, -0.15) is 0 Å². The molecule has 3 rings (SSSR count). The maximum absolute atomic E-state index is 13.1. The molecule has 148 valence electrons. The third-order valence-electron chi connectivity index (χ3n) is 4.00. The quantitative estimate of drug-likeness (QED) is 0.339. The lowest BCUT2D eigenvalue weighted by Gasteiger charge is -2.13. The fourth-order valence-electron chi connectivity index (χ4n) is 2.56. The van der Waals surface area contributed by atoms with Crippen molar-refractivity contribution in [2.24, 2.45) is 0 Å². The molecular weight excluding hydrogens is 412 g/mol. The summed E-state index contributed by atoms with van der Waals surface area (Å²) < 4.78 is 57.1. The summed E-state index contributed by atoms with van der Waals surface area (Å²) in [5, 5.41) is 0. The molecule has 6 nitrogen and oxygen atoms in total. The number of benzene rings is 3. The zero-order valence-corrected chi connectivity index (χ0v) is 16.7. The van der Waals surface area contributed by atoms with Gasteiger partial charge in [0.2, 0.25) is 19.7 Å². The van der Waals surface area contributed by atoms with Crippen LogP contribution < -0.4 is 4.74 Å².